The van der Waals surface area contributed by atoms with Crippen molar-refractivity contribution in [1.29, 1.82) is 0 Å². The molecule has 1 unspecified atom stereocenters. The number of aliphatic hydroxyl groups excluding tert-OH is 1. The largest absolute Gasteiger partial charge is 0.498 e. The monoisotopic (exact) mass is 237 g/mol. The standard InChI is InChI=1S/C14H23NO2/c1-4-9-15(10-5-2)11-12-7-6-8-13(17-3)14(12)16/h6-8,11,14,16H,4-5,9-10H2,1-3H3. The number of hydrogen-bond acceptors (Lipinski definition) is 3. The van der Waals surface area contributed by atoms with E-state index in [1.807, 2.05) is 18.4 Å². The molecule has 1 rings (SSSR count). The van der Waals surface area contributed by atoms with E-state index in [0.717, 1.165) is 31.5 Å². The van der Waals surface area contributed by atoms with Crippen LogP contribution in [0.1, 0.15) is 26.7 Å². The maximum Gasteiger partial charge on any atom is 0.137 e. The fourth-order valence-electron chi connectivity index (χ4n) is 1.92. The van der Waals surface area contributed by atoms with Crippen LogP contribution >= 0.6 is 0 Å². The number of ether oxygens (including phenoxy) is 1. The number of nitrogens with zero attached hydrogens (tertiary/aromatic N) is 1. The summed E-state index contributed by atoms with van der Waals surface area (Å²) in [7, 11) is 1.59. The summed E-state index contributed by atoms with van der Waals surface area (Å²) in [4.78, 5) is 2.25. The Balaban J connectivity index is 2.76. The first kappa shape index (κ1) is 13.8. The van der Waals surface area contributed by atoms with Gasteiger partial charge < -0.3 is 14.7 Å². The summed E-state index contributed by atoms with van der Waals surface area (Å²) in [5.74, 6) is 0.603. The smallest absolute Gasteiger partial charge is 0.137 e. The molecule has 0 fully saturated rings. The van der Waals surface area contributed by atoms with Gasteiger partial charge >= 0.3 is 0 Å². The third-order valence-corrected chi connectivity index (χ3v) is 2.72. The fourth-order valence-corrected chi connectivity index (χ4v) is 1.92. The van der Waals surface area contributed by atoms with Crippen molar-refractivity contribution in [2.45, 2.75) is 32.8 Å². The number of aliphatic hydroxyl groups is 1. The predicted octanol–water partition coefficient (Wildman–Crippen LogP) is 2.45. The lowest BCUT2D eigenvalue weighted by Gasteiger charge is -2.24. The van der Waals surface area contributed by atoms with E-state index in [1.165, 1.54) is 0 Å². The van der Waals surface area contributed by atoms with E-state index >= 15 is 0 Å². The van der Waals surface area contributed by atoms with Crippen LogP contribution in [0.2, 0.25) is 0 Å². The molecule has 1 aliphatic carbocycles. The van der Waals surface area contributed by atoms with Crippen molar-refractivity contribution in [3.05, 3.63) is 35.8 Å². The van der Waals surface area contributed by atoms with Gasteiger partial charge in [-0.1, -0.05) is 26.0 Å². The number of hydrogen-bond donors (Lipinski definition) is 1. The van der Waals surface area contributed by atoms with Crippen LogP contribution in [-0.4, -0.2) is 36.3 Å². The van der Waals surface area contributed by atoms with Crippen LogP contribution in [0.5, 0.6) is 0 Å². The van der Waals surface area contributed by atoms with Crippen molar-refractivity contribution < 1.29 is 9.84 Å². The third kappa shape index (κ3) is 3.93. The normalized spacial score (nSPS) is 21.5. The first-order chi connectivity index (χ1) is 8.22. The molecule has 1 N–H and O–H groups in total. The Kier molecular flexibility index (Phi) is 5.84. The second kappa shape index (κ2) is 7.17. The van der Waals surface area contributed by atoms with Crippen LogP contribution in [-0.2, 0) is 4.74 Å². The van der Waals surface area contributed by atoms with Gasteiger partial charge in [-0.15, -0.1) is 0 Å². The van der Waals surface area contributed by atoms with Crippen LogP contribution < -0.4 is 0 Å². The van der Waals surface area contributed by atoms with Crippen molar-refractivity contribution in [2.24, 2.45) is 0 Å². The zero-order valence-corrected chi connectivity index (χ0v) is 11.0. The minimum atomic E-state index is -0.638. The summed E-state index contributed by atoms with van der Waals surface area (Å²) in [6.07, 6.45) is 9.26. The van der Waals surface area contributed by atoms with Crippen molar-refractivity contribution in [3.63, 3.8) is 0 Å². The van der Waals surface area contributed by atoms with Gasteiger partial charge in [0.2, 0.25) is 0 Å². The van der Waals surface area contributed by atoms with Crippen LogP contribution in [0.25, 0.3) is 0 Å². The molecule has 1 atom stereocenters. The fraction of sp³-hybridized carbons (Fsp3) is 0.571. The lowest BCUT2D eigenvalue weighted by Crippen LogP contribution is -2.23. The van der Waals surface area contributed by atoms with E-state index in [9.17, 15) is 5.11 Å². The molecular formula is C14H23NO2. The molecule has 0 aromatic carbocycles. The van der Waals surface area contributed by atoms with Gasteiger partial charge in [-0.05, 0) is 18.9 Å². The highest BCUT2D eigenvalue weighted by molar-refractivity contribution is 5.37. The molecular weight excluding hydrogens is 214 g/mol. The summed E-state index contributed by atoms with van der Waals surface area (Å²) >= 11 is 0. The Morgan fingerprint density at radius 2 is 2.00 bits per heavy atom. The molecule has 0 aromatic rings. The van der Waals surface area contributed by atoms with Gasteiger partial charge in [-0.3, -0.25) is 0 Å². The highest BCUT2D eigenvalue weighted by Gasteiger charge is 2.18. The van der Waals surface area contributed by atoms with Gasteiger partial charge in [0.25, 0.3) is 0 Å². The lowest BCUT2D eigenvalue weighted by molar-refractivity contribution is 0.152. The first-order valence-electron chi connectivity index (χ1n) is 6.29. The average molecular weight is 237 g/mol. The zero-order valence-electron chi connectivity index (χ0n) is 11.0. The molecule has 0 heterocycles. The quantitative estimate of drug-likeness (QED) is 0.770. The van der Waals surface area contributed by atoms with Gasteiger partial charge in [0.1, 0.15) is 11.9 Å². The molecule has 0 radical (unpaired) electrons. The molecule has 0 aromatic heterocycles. The molecule has 0 aliphatic heterocycles. The van der Waals surface area contributed by atoms with Gasteiger partial charge in [-0.2, -0.15) is 0 Å². The van der Waals surface area contributed by atoms with E-state index in [1.54, 1.807) is 13.2 Å². The summed E-state index contributed by atoms with van der Waals surface area (Å²) in [5, 5.41) is 10.1. The Morgan fingerprint density at radius 3 is 2.53 bits per heavy atom. The summed E-state index contributed by atoms with van der Waals surface area (Å²) in [6, 6.07) is 0. The molecule has 17 heavy (non-hydrogen) atoms. The molecule has 1 aliphatic rings. The van der Waals surface area contributed by atoms with Crippen molar-refractivity contribution >= 4 is 0 Å². The Morgan fingerprint density at radius 1 is 1.35 bits per heavy atom. The number of methoxy groups -OCH3 is 1. The maximum absolute atomic E-state index is 10.1. The molecule has 0 saturated carbocycles. The molecule has 96 valence electrons. The zero-order chi connectivity index (χ0) is 12.7. The second-order valence-corrected chi connectivity index (χ2v) is 4.20. The van der Waals surface area contributed by atoms with Gasteiger partial charge in [0, 0.05) is 24.9 Å². The van der Waals surface area contributed by atoms with Crippen LogP contribution in [0, 0.1) is 0 Å². The third-order valence-electron chi connectivity index (χ3n) is 2.72. The topological polar surface area (TPSA) is 32.7 Å². The van der Waals surface area contributed by atoms with Crippen molar-refractivity contribution in [2.75, 3.05) is 20.2 Å². The molecule has 0 amide bonds. The Hall–Kier alpha value is -1.22. The van der Waals surface area contributed by atoms with Crippen LogP contribution in [0.15, 0.2) is 35.8 Å². The first-order valence-corrected chi connectivity index (χ1v) is 6.29. The van der Waals surface area contributed by atoms with E-state index < -0.39 is 6.10 Å². The van der Waals surface area contributed by atoms with Crippen LogP contribution in [0.4, 0.5) is 0 Å². The predicted molar refractivity (Wildman–Crippen MR) is 70.5 cm³/mol. The number of rotatable bonds is 6. The summed E-state index contributed by atoms with van der Waals surface area (Å²) in [5.41, 5.74) is 0.895. The highest BCUT2D eigenvalue weighted by atomic mass is 16.5. The number of allylic oxidation sites excluding steroid dienone is 2. The molecule has 3 nitrogen and oxygen atoms in total. The van der Waals surface area contributed by atoms with Crippen LogP contribution in [0.3, 0.4) is 0 Å². The minimum Gasteiger partial charge on any atom is -0.498 e. The highest BCUT2D eigenvalue weighted by Crippen LogP contribution is 2.19. The van der Waals surface area contributed by atoms with Gasteiger partial charge in [0.15, 0.2) is 0 Å². The lowest BCUT2D eigenvalue weighted by atomic mass is 10.0. The van der Waals surface area contributed by atoms with Crippen molar-refractivity contribution in [3.8, 4) is 0 Å². The second-order valence-electron chi connectivity index (χ2n) is 4.20. The van der Waals surface area contributed by atoms with Gasteiger partial charge in [-0.25, -0.2) is 0 Å². The Bertz CT molecular complexity index is 312. The van der Waals surface area contributed by atoms with E-state index in [2.05, 4.69) is 18.7 Å². The van der Waals surface area contributed by atoms with E-state index in [-0.39, 0.29) is 0 Å². The average Bonchev–Trinajstić information content (AvgIpc) is 2.32. The van der Waals surface area contributed by atoms with Crippen molar-refractivity contribution in [1.82, 2.24) is 4.90 Å². The maximum atomic E-state index is 10.1. The van der Waals surface area contributed by atoms with E-state index in [4.69, 9.17) is 4.74 Å². The van der Waals surface area contributed by atoms with Gasteiger partial charge in [0.05, 0.1) is 7.11 Å². The molecule has 3 heteroatoms. The molecule has 0 spiro atoms. The molecule has 0 bridgehead atoms. The molecule has 0 saturated heterocycles. The summed E-state index contributed by atoms with van der Waals surface area (Å²) in [6.45, 7) is 6.36. The Labute approximate surface area is 104 Å². The SMILES string of the molecule is CCCN(C=C1C=CC=C(OC)C1O)CCC. The minimum absolute atomic E-state index is 0.603. The summed E-state index contributed by atoms with van der Waals surface area (Å²) < 4.78 is 5.14. The van der Waals surface area contributed by atoms with E-state index in [0.29, 0.717) is 5.76 Å².